The Bertz CT molecular complexity index is 3280. The second kappa shape index (κ2) is 14.9. The molecule has 10 aromatic rings. The maximum absolute atomic E-state index is 6.74. The van der Waals surface area contributed by atoms with Crippen molar-refractivity contribution in [2.45, 2.75) is 5.41 Å². The SMILES string of the molecule is c1ccc(-c2nc(-c3ccc(-c4ccc5c(c4)Oc4cc6c(cc4O5)C(c4ccccc4)(c4ccccc4)c4ccccc4-6)cc3)nc(-c3cccc(-c4ccccn4)c3)n2)cc1. The molecule has 0 N–H and O–H groups in total. The van der Waals surface area contributed by atoms with Gasteiger partial charge in [0, 0.05) is 28.5 Å². The Labute approximate surface area is 364 Å². The highest BCUT2D eigenvalue weighted by molar-refractivity contribution is 5.88. The largest absolute Gasteiger partial charge is 0.450 e. The summed E-state index contributed by atoms with van der Waals surface area (Å²) in [4.78, 5) is 19.5. The van der Waals surface area contributed by atoms with Gasteiger partial charge < -0.3 is 9.47 Å². The van der Waals surface area contributed by atoms with E-state index in [2.05, 4.69) is 151 Å². The lowest BCUT2D eigenvalue weighted by atomic mass is 9.67. The number of benzene rings is 8. The van der Waals surface area contributed by atoms with Gasteiger partial charge in [-0.3, -0.25) is 4.98 Å². The molecule has 8 aromatic carbocycles. The van der Waals surface area contributed by atoms with Crippen molar-refractivity contribution in [2.24, 2.45) is 0 Å². The van der Waals surface area contributed by atoms with Crippen molar-refractivity contribution in [1.82, 2.24) is 19.9 Å². The number of fused-ring (bicyclic) bond motifs is 5. The summed E-state index contributed by atoms with van der Waals surface area (Å²) in [6, 6.07) is 73.1. The average molecular weight is 809 g/mol. The zero-order valence-corrected chi connectivity index (χ0v) is 33.9. The second-order valence-corrected chi connectivity index (χ2v) is 15.8. The Hall–Kier alpha value is -8.48. The fraction of sp³-hybridized carbons (Fsp3) is 0.0175. The predicted octanol–water partition coefficient (Wildman–Crippen LogP) is 13.9. The molecular formula is C57H36N4O2. The molecule has 0 radical (unpaired) electrons. The van der Waals surface area contributed by atoms with Gasteiger partial charge in [-0.25, -0.2) is 15.0 Å². The zero-order chi connectivity index (χ0) is 41.7. The molecule has 6 nitrogen and oxygen atoms in total. The van der Waals surface area contributed by atoms with Crippen LogP contribution in [0.15, 0.2) is 219 Å². The molecule has 3 heterocycles. The Morgan fingerprint density at radius 1 is 0.317 bits per heavy atom. The van der Waals surface area contributed by atoms with Gasteiger partial charge in [0.2, 0.25) is 0 Å². The second-order valence-electron chi connectivity index (χ2n) is 15.8. The first-order valence-electron chi connectivity index (χ1n) is 21.0. The summed E-state index contributed by atoms with van der Waals surface area (Å²) < 4.78 is 13.5. The molecule has 0 amide bonds. The van der Waals surface area contributed by atoms with Crippen molar-refractivity contribution >= 4 is 0 Å². The van der Waals surface area contributed by atoms with Gasteiger partial charge in [-0.2, -0.15) is 0 Å². The van der Waals surface area contributed by atoms with Crippen LogP contribution in [0.2, 0.25) is 0 Å². The number of nitrogens with zero attached hydrogens (tertiary/aromatic N) is 4. The predicted molar refractivity (Wildman–Crippen MR) is 249 cm³/mol. The fourth-order valence-electron chi connectivity index (χ4n) is 9.21. The zero-order valence-electron chi connectivity index (χ0n) is 33.9. The number of aromatic nitrogens is 4. The minimum absolute atomic E-state index is 0.528. The van der Waals surface area contributed by atoms with Crippen molar-refractivity contribution in [3.05, 3.63) is 241 Å². The molecule has 63 heavy (non-hydrogen) atoms. The van der Waals surface area contributed by atoms with Crippen LogP contribution in [0.1, 0.15) is 22.3 Å². The van der Waals surface area contributed by atoms with Gasteiger partial charge >= 0.3 is 0 Å². The van der Waals surface area contributed by atoms with Crippen molar-refractivity contribution in [1.29, 1.82) is 0 Å². The van der Waals surface area contributed by atoms with Crippen molar-refractivity contribution in [3.63, 3.8) is 0 Å². The van der Waals surface area contributed by atoms with Gasteiger partial charge in [-0.05, 0) is 87.0 Å². The third-order valence-electron chi connectivity index (χ3n) is 12.1. The molecule has 6 heteroatoms. The molecule has 0 spiro atoms. The van der Waals surface area contributed by atoms with E-state index in [-0.39, 0.29) is 0 Å². The van der Waals surface area contributed by atoms with Crippen LogP contribution in [0.3, 0.4) is 0 Å². The number of hydrogen-bond donors (Lipinski definition) is 0. The molecule has 0 bridgehead atoms. The van der Waals surface area contributed by atoms with E-state index >= 15 is 0 Å². The van der Waals surface area contributed by atoms with Crippen LogP contribution in [0.5, 0.6) is 23.0 Å². The first-order valence-corrected chi connectivity index (χ1v) is 21.0. The number of pyridine rings is 1. The fourth-order valence-corrected chi connectivity index (χ4v) is 9.21. The van der Waals surface area contributed by atoms with Crippen LogP contribution in [0.4, 0.5) is 0 Å². The molecule has 0 saturated carbocycles. The molecule has 296 valence electrons. The Morgan fingerprint density at radius 2 is 0.857 bits per heavy atom. The first kappa shape index (κ1) is 36.4. The highest BCUT2D eigenvalue weighted by atomic mass is 16.6. The molecule has 1 aliphatic carbocycles. The molecule has 0 saturated heterocycles. The highest BCUT2D eigenvalue weighted by Gasteiger charge is 2.47. The van der Waals surface area contributed by atoms with Crippen LogP contribution < -0.4 is 9.47 Å². The number of ether oxygens (including phenoxy) is 2. The topological polar surface area (TPSA) is 70.0 Å². The average Bonchev–Trinajstić information content (AvgIpc) is 3.65. The molecular weight excluding hydrogens is 773 g/mol. The van der Waals surface area contributed by atoms with Gasteiger partial charge in [0.25, 0.3) is 0 Å². The number of hydrogen-bond acceptors (Lipinski definition) is 6. The molecule has 0 fully saturated rings. The van der Waals surface area contributed by atoms with Gasteiger partial charge in [-0.1, -0.05) is 170 Å². The van der Waals surface area contributed by atoms with Crippen LogP contribution in [-0.4, -0.2) is 19.9 Å². The van der Waals surface area contributed by atoms with E-state index in [1.165, 1.54) is 27.8 Å². The molecule has 2 aromatic heterocycles. The summed E-state index contributed by atoms with van der Waals surface area (Å²) in [7, 11) is 0. The van der Waals surface area contributed by atoms with E-state index in [9.17, 15) is 0 Å². The van der Waals surface area contributed by atoms with Crippen LogP contribution in [0.25, 0.3) is 67.7 Å². The maximum atomic E-state index is 6.74. The maximum Gasteiger partial charge on any atom is 0.170 e. The normalized spacial score (nSPS) is 12.8. The molecule has 1 aliphatic heterocycles. The van der Waals surface area contributed by atoms with E-state index in [1.54, 1.807) is 6.20 Å². The van der Waals surface area contributed by atoms with Gasteiger partial charge in [0.05, 0.1) is 11.1 Å². The van der Waals surface area contributed by atoms with Crippen LogP contribution in [-0.2, 0) is 5.41 Å². The summed E-state index contributed by atoms with van der Waals surface area (Å²) in [6.07, 6.45) is 1.80. The molecule has 2 aliphatic rings. The minimum atomic E-state index is -0.528. The third-order valence-corrected chi connectivity index (χ3v) is 12.1. The van der Waals surface area contributed by atoms with Crippen molar-refractivity contribution in [2.75, 3.05) is 0 Å². The van der Waals surface area contributed by atoms with E-state index in [1.807, 2.05) is 66.7 Å². The lowest BCUT2D eigenvalue weighted by Gasteiger charge is -2.34. The first-order chi connectivity index (χ1) is 31.2. The number of rotatable bonds is 7. The Morgan fingerprint density at radius 3 is 1.57 bits per heavy atom. The van der Waals surface area contributed by atoms with Crippen molar-refractivity contribution < 1.29 is 9.47 Å². The lowest BCUT2D eigenvalue weighted by molar-refractivity contribution is 0.359. The van der Waals surface area contributed by atoms with Crippen LogP contribution in [0, 0.1) is 0 Å². The minimum Gasteiger partial charge on any atom is -0.450 e. The standard InChI is InChI=1S/C57H36N4O2/c1-4-15-38(16-5-1)54-59-55(61-56(60-54)42-18-14-17-41(33-42)49-25-12-13-32-58-49)39-28-26-37(27-29-39)40-30-31-50-51(34-40)63-52-35-46-45-23-10-11-24-47(45)57(43-19-6-2-7-20-43,44-21-8-3-9-22-44)48(46)36-53(52)62-50/h1-36H. The Kier molecular flexibility index (Phi) is 8.61. The summed E-state index contributed by atoms with van der Waals surface area (Å²) in [5, 5.41) is 0. The van der Waals surface area contributed by atoms with E-state index < -0.39 is 5.41 Å². The summed E-state index contributed by atoms with van der Waals surface area (Å²) in [5.41, 5.74) is 13.2. The highest BCUT2D eigenvalue weighted by Crippen LogP contribution is 2.59. The third kappa shape index (κ3) is 6.19. The molecule has 0 unspecified atom stereocenters. The monoisotopic (exact) mass is 808 g/mol. The summed E-state index contributed by atoms with van der Waals surface area (Å²) in [5.74, 6) is 4.49. The van der Waals surface area contributed by atoms with E-state index in [0.29, 0.717) is 40.5 Å². The summed E-state index contributed by atoms with van der Waals surface area (Å²) in [6.45, 7) is 0. The van der Waals surface area contributed by atoms with Crippen molar-refractivity contribution in [3.8, 4) is 90.7 Å². The van der Waals surface area contributed by atoms with Gasteiger partial charge in [0.15, 0.2) is 40.5 Å². The molecule has 12 rings (SSSR count). The van der Waals surface area contributed by atoms with Gasteiger partial charge in [0.1, 0.15) is 0 Å². The lowest BCUT2D eigenvalue weighted by Crippen LogP contribution is -2.28. The molecule has 0 atom stereocenters. The van der Waals surface area contributed by atoms with Crippen LogP contribution >= 0.6 is 0 Å². The summed E-state index contributed by atoms with van der Waals surface area (Å²) >= 11 is 0. The van der Waals surface area contributed by atoms with Gasteiger partial charge in [-0.15, -0.1) is 0 Å². The van der Waals surface area contributed by atoms with E-state index in [0.717, 1.165) is 44.6 Å². The van der Waals surface area contributed by atoms with E-state index in [4.69, 9.17) is 24.4 Å². The smallest absolute Gasteiger partial charge is 0.170 e. The Balaban J connectivity index is 0.886. The quantitative estimate of drug-likeness (QED) is 0.160.